The number of benzene rings is 1. The molecule has 6 nitrogen and oxygen atoms in total. The lowest BCUT2D eigenvalue weighted by molar-refractivity contribution is -0.130. The molecule has 0 spiro atoms. The van der Waals surface area contributed by atoms with Crippen LogP contribution >= 0.6 is 11.6 Å². The van der Waals surface area contributed by atoms with Crippen LogP contribution in [0.1, 0.15) is 18.9 Å². The van der Waals surface area contributed by atoms with E-state index in [4.69, 9.17) is 16.3 Å². The van der Waals surface area contributed by atoms with Crippen LogP contribution < -0.4 is 4.74 Å². The number of nitrogens with zero attached hydrogens (tertiary/aromatic N) is 2. The highest BCUT2D eigenvalue weighted by Gasteiger charge is 2.25. The van der Waals surface area contributed by atoms with E-state index in [-0.39, 0.29) is 18.1 Å². The molecule has 1 heterocycles. The average Bonchev–Trinajstić information content (AvgIpc) is 2.81. The lowest BCUT2D eigenvalue weighted by Gasteiger charge is -2.22. The number of halogens is 1. The minimum atomic E-state index is -3.21. The summed E-state index contributed by atoms with van der Waals surface area (Å²) in [5.74, 6) is 0.657. The second kappa shape index (κ2) is 8.18. The molecule has 1 aromatic carbocycles. The predicted octanol–water partition coefficient (Wildman–Crippen LogP) is 1.78. The Kier molecular flexibility index (Phi) is 6.48. The van der Waals surface area contributed by atoms with Crippen LogP contribution in [0, 0.1) is 0 Å². The molecule has 0 aliphatic carbocycles. The van der Waals surface area contributed by atoms with Crippen LogP contribution in [0.5, 0.6) is 5.75 Å². The number of rotatable bonds is 5. The van der Waals surface area contributed by atoms with Gasteiger partial charge in [0.05, 0.1) is 19.3 Å². The zero-order valence-electron chi connectivity index (χ0n) is 14.0. The molecule has 0 unspecified atom stereocenters. The first-order valence-corrected chi connectivity index (χ1v) is 9.94. The summed E-state index contributed by atoms with van der Waals surface area (Å²) in [6.07, 6.45) is 0.821. The summed E-state index contributed by atoms with van der Waals surface area (Å²) >= 11 is 6.00. The molecule has 0 radical (unpaired) electrons. The van der Waals surface area contributed by atoms with Crippen molar-refractivity contribution < 1.29 is 17.9 Å². The fourth-order valence-corrected chi connectivity index (χ4v) is 4.09. The molecule has 1 saturated heterocycles. The van der Waals surface area contributed by atoms with Gasteiger partial charge in [-0.2, -0.15) is 0 Å². The van der Waals surface area contributed by atoms with E-state index in [0.29, 0.717) is 43.4 Å². The van der Waals surface area contributed by atoms with Gasteiger partial charge in [-0.05, 0) is 31.5 Å². The van der Waals surface area contributed by atoms with Crippen LogP contribution in [-0.4, -0.2) is 62.6 Å². The van der Waals surface area contributed by atoms with Gasteiger partial charge >= 0.3 is 0 Å². The second-order valence-corrected chi connectivity index (χ2v) is 8.36. The highest BCUT2D eigenvalue weighted by Crippen LogP contribution is 2.23. The standard InChI is InChI=1S/C16H23ClN2O4S/c1-3-24(21,22)19-8-4-7-18(9-10-19)16(20)12-13-11-14(17)5-6-15(13)23-2/h5-6,11H,3-4,7-10,12H2,1-2H3. The highest BCUT2D eigenvalue weighted by atomic mass is 35.5. The lowest BCUT2D eigenvalue weighted by Crippen LogP contribution is -2.38. The van der Waals surface area contributed by atoms with E-state index in [2.05, 4.69) is 0 Å². The number of ether oxygens (including phenoxy) is 1. The number of carbonyl (C=O) groups is 1. The molecule has 0 aromatic heterocycles. The van der Waals surface area contributed by atoms with Gasteiger partial charge in [0, 0.05) is 36.8 Å². The molecule has 0 saturated carbocycles. The van der Waals surface area contributed by atoms with Crippen LogP contribution in [-0.2, 0) is 21.2 Å². The van der Waals surface area contributed by atoms with Crippen molar-refractivity contribution in [2.75, 3.05) is 39.0 Å². The quantitative estimate of drug-likeness (QED) is 0.787. The van der Waals surface area contributed by atoms with Gasteiger partial charge in [0.25, 0.3) is 0 Å². The molecule has 1 amide bonds. The molecule has 0 N–H and O–H groups in total. The van der Waals surface area contributed by atoms with Crippen molar-refractivity contribution in [3.63, 3.8) is 0 Å². The molecular weight excluding hydrogens is 352 g/mol. The van der Waals surface area contributed by atoms with Gasteiger partial charge in [-0.3, -0.25) is 4.79 Å². The van der Waals surface area contributed by atoms with Crippen molar-refractivity contribution in [3.8, 4) is 5.75 Å². The molecular formula is C16H23ClN2O4S. The molecule has 8 heteroatoms. The Labute approximate surface area is 148 Å². The second-order valence-electron chi connectivity index (χ2n) is 5.67. The third-order valence-electron chi connectivity index (χ3n) is 4.15. The SMILES string of the molecule is CCS(=O)(=O)N1CCCN(C(=O)Cc2cc(Cl)ccc2OC)CC1. The normalized spacial score (nSPS) is 16.7. The van der Waals surface area contributed by atoms with Crippen LogP contribution in [0.4, 0.5) is 0 Å². The number of amides is 1. The number of sulfonamides is 1. The van der Waals surface area contributed by atoms with Crippen molar-refractivity contribution in [2.45, 2.75) is 19.8 Å². The van der Waals surface area contributed by atoms with E-state index in [1.54, 1.807) is 37.1 Å². The summed E-state index contributed by atoms with van der Waals surface area (Å²) in [7, 11) is -1.66. The Morgan fingerprint density at radius 2 is 2.00 bits per heavy atom. The van der Waals surface area contributed by atoms with Crippen molar-refractivity contribution >= 4 is 27.5 Å². The van der Waals surface area contributed by atoms with Gasteiger partial charge in [0.2, 0.25) is 15.9 Å². The Hall–Kier alpha value is -1.31. The zero-order valence-corrected chi connectivity index (χ0v) is 15.6. The maximum absolute atomic E-state index is 12.6. The third kappa shape index (κ3) is 4.62. The fourth-order valence-electron chi connectivity index (χ4n) is 2.76. The maximum Gasteiger partial charge on any atom is 0.227 e. The zero-order chi connectivity index (χ0) is 17.7. The van der Waals surface area contributed by atoms with Crippen molar-refractivity contribution in [1.29, 1.82) is 0 Å². The molecule has 2 rings (SSSR count). The minimum Gasteiger partial charge on any atom is -0.496 e. The van der Waals surface area contributed by atoms with Crippen LogP contribution in [0.15, 0.2) is 18.2 Å². The summed E-state index contributed by atoms with van der Waals surface area (Å²) in [4.78, 5) is 14.3. The van der Waals surface area contributed by atoms with E-state index in [0.717, 1.165) is 5.56 Å². The molecule has 1 fully saturated rings. The average molecular weight is 375 g/mol. The van der Waals surface area contributed by atoms with Gasteiger partial charge < -0.3 is 9.64 Å². The van der Waals surface area contributed by atoms with Crippen LogP contribution in [0.25, 0.3) is 0 Å². The third-order valence-corrected chi connectivity index (χ3v) is 6.27. The summed E-state index contributed by atoms with van der Waals surface area (Å²) in [6, 6.07) is 5.18. The predicted molar refractivity (Wildman–Crippen MR) is 93.9 cm³/mol. The minimum absolute atomic E-state index is 0.0497. The first kappa shape index (κ1) is 19.0. The van der Waals surface area contributed by atoms with Gasteiger partial charge in [-0.1, -0.05) is 11.6 Å². The Morgan fingerprint density at radius 3 is 2.67 bits per heavy atom. The Bertz CT molecular complexity index is 693. The molecule has 1 aromatic rings. The first-order valence-electron chi connectivity index (χ1n) is 7.95. The topological polar surface area (TPSA) is 66.9 Å². The van der Waals surface area contributed by atoms with E-state index < -0.39 is 10.0 Å². The summed E-state index contributed by atoms with van der Waals surface area (Å²) in [5, 5.41) is 0.551. The molecule has 134 valence electrons. The fraction of sp³-hybridized carbons (Fsp3) is 0.562. The van der Waals surface area contributed by atoms with E-state index in [1.165, 1.54) is 4.31 Å². The Morgan fingerprint density at radius 1 is 1.25 bits per heavy atom. The van der Waals surface area contributed by atoms with Gasteiger partial charge in [-0.25, -0.2) is 12.7 Å². The molecule has 0 bridgehead atoms. The first-order chi connectivity index (χ1) is 11.4. The smallest absolute Gasteiger partial charge is 0.227 e. The summed E-state index contributed by atoms with van der Waals surface area (Å²) < 4.78 is 30.7. The van der Waals surface area contributed by atoms with Gasteiger partial charge in [0.15, 0.2) is 0 Å². The number of hydrogen-bond donors (Lipinski definition) is 0. The monoisotopic (exact) mass is 374 g/mol. The van der Waals surface area contributed by atoms with Crippen LogP contribution in [0.2, 0.25) is 5.02 Å². The number of carbonyl (C=O) groups excluding carboxylic acids is 1. The van der Waals surface area contributed by atoms with Gasteiger partial charge in [0.1, 0.15) is 5.75 Å². The van der Waals surface area contributed by atoms with E-state index >= 15 is 0 Å². The highest BCUT2D eigenvalue weighted by molar-refractivity contribution is 7.89. The van der Waals surface area contributed by atoms with E-state index in [1.807, 2.05) is 0 Å². The van der Waals surface area contributed by atoms with Crippen molar-refractivity contribution in [3.05, 3.63) is 28.8 Å². The number of methoxy groups -OCH3 is 1. The largest absolute Gasteiger partial charge is 0.496 e. The summed E-state index contributed by atoms with van der Waals surface area (Å²) in [5.41, 5.74) is 0.734. The Balaban J connectivity index is 2.05. The lowest BCUT2D eigenvalue weighted by atomic mass is 10.1. The summed E-state index contributed by atoms with van der Waals surface area (Å²) in [6.45, 7) is 3.39. The number of hydrogen-bond acceptors (Lipinski definition) is 4. The molecule has 1 aliphatic heterocycles. The molecule has 1 aliphatic rings. The van der Waals surface area contributed by atoms with Crippen molar-refractivity contribution in [1.82, 2.24) is 9.21 Å². The van der Waals surface area contributed by atoms with Crippen LogP contribution in [0.3, 0.4) is 0 Å². The van der Waals surface area contributed by atoms with Crippen molar-refractivity contribution in [2.24, 2.45) is 0 Å². The molecule has 0 atom stereocenters. The van der Waals surface area contributed by atoms with Gasteiger partial charge in [-0.15, -0.1) is 0 Å². The molecule has 24 heavy (non-hydrogen) atoms. The maximum atomic E-state index is 12.6. The van der Waals surface area contributed by atoms with E-state index in [9.17, 15) is 13.2 Å².